The average molecular weight is 231 g/mol. The Hall–Kier alpha value is -1.58. The summed E-state index contributed by atoms with van der Waals surface area (Å²) in [5.74, 6) is 1.80. The van der Waals surface area contributed by atoms with Crippen molar-refractivity contribution in [3.05, 3.63) is 59.5 Å². The maximum atomic E-state index is 9.91. The Labute approximate surface area is 101 Å². The minimum absolute atomic E-state index is 0.479. The lowest BCUT2D eigenvalue weighted by molar-refractivity contribution is 0.173. The normalized spacial score (nSPS) is 12.6. The predicted molar refractivity (Wildman–Crippen MR) is 66.6 cm³/mol. The number of aliphatic hydroxyl groups is 1. The van der Waals surface area contributed by atoms with Crippen molar-refractivity contribution in [3.8, 4) is 0 Å². The van der Waals surface area contributed by atoms with E-state index < -0.39 is 6.10 Å². The van der Waals surface area contributed by atoms with Crippen molar-refractivity contribution in [2.75, 3.05) is 6.54 Å². The number of hydrogen-bond donors (Lipinski definition) is 2. The molecule has 17 heavy (non-hydrogen) atoms. The highest BCUT2D eigenvalue weighted by molar-refractivity contribution is 5.17. The second kappa shape index (κ2) is 5.66. The molecule has 0 aliphatic heterocycles. The maximum Gasteiger partial charge on any atom is 0.117 e. The van der Waals surface area contributed by atoms with Crippen LogP contribution < -0.4 is 5.32 Å². The number of hydrogen-bond acceptors (Lipinski definition) is 3. The summed E-state index contributed by atoms with van der Waals surface area (Å²) < 4.78 is 5.43. The van der Waals surface area contributed by atoms with Crippen molar-refractivity contribution in [3.63, 3.8) is 0 Å². The van der Waals surface area contributed by atoms with E-state index >= 15 is 0 Å². The van der Waals surface area contributed by atoms with Crippen molar-refractivity contribution in [2.24, 2.45) is 0 Å². The summed E-state index contributed by atoms with van der Waals surface area (Å²) in [4.78, 5) is 0. The molecule has 1 atom stereocenters. The van der Waals surface area contributed by atoms with Gasteiger partial charge in [-0.1, -0.05) is 30.3 Å². The molecule has 90 valence electrons. The van der Waals surface area contributed by atoms with Crippen LogP contribution >= 0.6 is 0 Å². The molecular formula is C14H17NO2. The van der Waals surface area contributed by atoms with Crippen LogP contribution in [0, 0.1) is 6.92 Å². The number of furan rings is 1. The quantitative estimate of drug-likeness (QED) is 0.830. The molecule has 0 unspecified atom stereocenters. The molecule has 2 aromatic rings. The Balaban J connectivity index is 1.79. The first-order valence-electron chi connectivity index (χ1n) is 5.75. The van der Waals surface area contributed by atoms with Gasteiger partial charge in [0, 0.05) is 6.54 Å². The Morgan fingerprint density at radius 1 is 1.18 bits per heavy atom. The van der Waals surface area contributed by atoms with Crippen molar-refractivity contribution in [2.45, 2.75) is 19.6 Å². The lowest BCUT2D eigenvalue weighted by Gasteiger charge is -2.11. The number of nitrogens with one attached hydrogen (secondary N) is 1. The van der Waals surface area contributed by atoms with Crippen molar-refractivity contribution < 1.29 is 9.52 Å². The fourth-order valence-electron chi connectivity index (χ4n) is 1.71. The number of aliphatic hydroxyl groups excluding tert-OH is 1. The summed E-state index contributed by atoms with van der Waals surface area (Å²) in [6, 6.07) is 13.5. The second-order valence-electron chi connectivity index (χ2n) is 4.07. The monoisotopic (exact) mass is 231 g/mol. The zero-order chi connectivity index (χ0) is 12.1. The number of aryl methyl sites for hydroxylation is 1. The van der Waals surface area contributed by atoms with Crippen LogP contribution in [0.5, 0.6) is 0 Å². The second-order valence-corrected chi connectivity index (χ2v) is 4.07. The first-order chi connectivity index (χ1) is 8.25. The summed E-state index contributed by atoms with van der Waals surface area (Å²) >= 11 is 0. The zero-order valence-electron chi connectivity index (χ0n) is 9.89. The van der Waals surface area contributed by atoms with Crippen molar-refractivity contribution in [1.29, 1.82) is 0 Å². The number of benzene rings is 1. The van der Waals surface area contributed by atoms with E-state index in [2.05, 4.69) is 5.32 Å². The van der Waals surface area contributed by atoms with Crippen molar-refractivity contribution >= 4 is 0 Å². The van der Waals surface area contributed by atoms with Crippen molar-refractivity contribution in [1.82, 2.24) is 5.32 Å². The van der Waals surface area contributed by atoms with E-state index in [1.807, 2.05) is 49.4 Å². The molecule has 0 saturated carbocycles. The largest absolute Gasteiger partial charge is 0.465 e. The number of rotatable bonds is 5. The summed E-state index contributed by atoms with van der Waals surface area (Å²) in [5.41, 5.74) is 0.927. The molecule has 2 rings (SSSR count). The summed E-state index contributed by atoms with van der Waals surface area (Å²) in [5, 5.41) is 13.1. The zero-order valence-corrected chi connectivity index (χ0v) is 9.89. The molecule has 0 aliphatic rings. The van der Waals surface area contributed by atoms with E-state index in [1.54, 1.807) is 0 Å². The van der Waals surface area contributed by atoms with Gasteiger partial charge in [-0.2, -0.15) is 0 Å². The van der Waals surface area contributed by atoms with Crippen LogP contribution in [-0.4, -0.2) is 11.7 Å². The fourth-order valence-corrected chi connectivity index (χ4v) is 1.71. The minimum atomic E-state index is -0.479. The lowest BCUT2D eigenvalue weighted by Crippen LogP contribution is -2.20. The smallest absolute Gasteiger partial charge is 0.117 e. The average Bonchev–Trinajstić information content (AvgIpc) is 2.76. The van der Waals surface area contributed by atoms with E-state index in [9.17, 15) is 5.11 Å². The fraction of sp³-hybridized carbons (Fsp3) is 0.286. The molecule has 3 heteroatoms. The van der Waals surface area contributed by atoms with Gasteiger partial charge in [0.05, 0.1) is 12.6 Å². The van der Waals surface area contributed by atoms with E-state index in [0.29, 0.717) is 13.1 Å². The van der Waals surface area contributed by atoms with Gasteiger partial charge in [-0.15, -0.1) is 0 Å². The third-order valence-electron chi connectivity index (χ3n) is 2.62. The SMILES string of the molecule is Cc1ccc(CNC[C@@H](O)c2ccccc2)o1. The van der Waals surface area contributed by atoms with E-state index in [-0.39, 0.29) is 0 Å². The Kier molecular flexibility index (Phi) is 3.96. The van der Waals surface area contributed by atoms with Gasteiger partial charge >= 0.3 is 0 Å². The third-order valence-corrected chi connectivity index (χ3v) is 2.62. The predicted octanol–water partition coefficient (Wildman–Crippen LogP) is 2.41. The molecular weight excluding hydrogens is 214 g/mol. The first kappa shape index (κ1) is 11.9. The molecule has 0 spiro atoms. The van der Waals surface area contributed by atoms with Gasteiger partial charge < -0.3 is 14.8 Å². The Morgan fingerprint density at radius 3 is 2.59 bits per heavy atom. The van der Waals surface area contributed by atoms with Gasteiger partial charge in [0.1, 0.15) is 11.5 Å². The van der Waals surface area contributed by atoms with Gasteiger partial charge in [-0.25, -0.2) is 0 Å². The summed E-state index contributed by atoms with van der Waals surface area (Å²) in [6.07, 6.45) is -0.479. The molecule has 0 saturated heterocycles. The molecule has 0 amide bonds. The Bertz CT molecular complexity index is 450. The standard InChI is InChI=1S/C14H17NO2/c1-11-7-8-13(17-11)9-15-10-14(16)12-5-3-2-4-6-12/h2-8,14-16H,9-10H2,1H3/t14-/m1/s1. The molecule has 0 bridgehead atoms. The van der Waals surface area contributed by atoms with E-state index in [1.165, 1.54) is 0 Å². The van der Waals surface area contributed by atoms with Crippen LogP contribution in [0.3, 0.4) is 0 Å². The van der Waals surface area contributed by atoms with Crippen LogP contribution in [0.4, 0.5) is 0 Å². The third kappa shape index (κ3) is 3.44. The van der Waals surface area contributed by atoms with Crippen LogP contribution in [0.15, 0.2) is 46.9 Å². The van der Waals surface area contributed by atoms with Crippen LogP contribution in [-0.2, 0) is 6.54 Å². The minimum Gasteiger partial charge on any atom is -0.465 e. The molecule has 0 aliphatic carbocycles. The first-order valence-corrected chi connectivity index (χ1v) is 5.75. The van der Waals surface area contributed by atoms with E-state index in [4.69, 9.17) is 4.42 Å². The van der Waals surface area contributed by atoms with Crippen LogP contribution in [0.1, 0.15) is 23.2 Å². The van der Waals surface area contributed by atoms with Gasteiger partial charge in [-0.05, 0) is 24.6 Å². The molecule has 2 N–H and O–H groups in total. The van der Waals surface area contributed by atoms with Gasteiger partial charge in [0.25, 0.3) is 0 Å². The highest BCUT2D eigenvalue weighted by atomic mass is 16.3. The summed E-state index contributed by atoms with van der Waals surface area (Å²) in [6.45, 7) is 3.07. The molecule has 1 heterocycles. The molecule has 1 aromatic heterocycles. The lowest BCUT2D eigenvalue weighted by atomic mass is 10.1. The maximum absolute atomic E-state index is 9.91. The highest BCUT2D eigenvalue weighted by Crippen LogP contribution is 2.11. The molecule has 0 radical (unpaired) electrons. The molecule has 1 aromatic carbocycles. The van der Waals surface area contributed by atoms with Crippen LogP contribution in [0.25, 0.3) is 0 Å². The van der Waals surface area contributed by atoms with Gasteiger partial charge in [0.15, 0.2) is 0 Å². The van der Waals surface area contributed by atoms with Gasteiger partial charge in [0.2, 0.25) is 0 Å². The molecule has 0 fully saturated rings. The van der Waals surface area contributed by atoms with Crippen LogP contribution in [0.2, 0.25) is 0 Å². The van der Waals surface area contributed by atoms with Gasteiger partial charge in [-0.3, -0.25) is 0 Å². The topological polar surface area (TPSA) is 45.4 Å². The Morgan fingerprint density at radius 2 is 1.94 bits per heavy atom. The van der Waals surface area contributed by atoms with E-state index in [0.717, 1.165) is 17.1 Å². The highest BCUT2D eigenvalue weighted by Gasteiger charge is 2.06. The summed E-state index contributed by atoms with van der Waals surface area (Å²) in [7, 11) is 0. The molecule has 3 nitrogen and oxygen atoms in total.